The highest BCUT2D eigenvalue weighted by Crippen LogP contribution is 2.21. The number of hydrogen-bond acceptors (Lipinski definition) is 1. The first-order valence-corrected chi connectivity index (χ1v) is 3.86. The lowest BCUT2D eigenvalue weighted by atomic mass is 10.3. The Morgan fingerprint density at radius 3 is 2.31 bits per heavy atom. The minimum absolute atomic E-state index is 0.185. The molecule has 0 saturated carbocycles. The van der Waals surface area contributed by atoms with Crippen LogP contribution in [0.3, 0.4) is 0 Å². The molecule has 0 aliphatic rings. The lowest BCUT2D eigenvalue weighted by Crippen LogP contribution is -2.38. The third kappa shape index (κ3) is 5.63. The number of rotatable bonds is 5. The lowest BCUT2D eigenvalue weighted by Gasteiger charge is -2.14. The van der Waals surface area contributed by atoms with Gasteiger partial charge in [0.05, 0.1) is 6.54 Å². The SMILES string of the molecule is CC(C)=CCNCC(F)(F)C(F)F. The number of halogens is 4. The average Bonchev–Trinajstić information content (AvgIpc) is 1.97. The van der Waals surface area contributed by atoms with Crippen molar-refractivity contribution in [3.05, 3.63) is 11.6 Å². The fourth-order valence-corrected chi connectivity index (χ4v) is 0.592. The van der Waals surface area contributed by atoms with E-state index in [1.807, 2.05) is 0 Å². The van der Waals surface area contributed by atoms with E-state index in [0.29, 0.717) is 0 Å². The van der Waals surface area contributed by atoms with Gasteiger partial charge in [-0.3, -0.25) is 0 Å². The van der Waals surface area contributed by atoms with Crippen molar-refractivity contribution in [1.82, 2.24) is 5.32 Å². The molecule has 0 atom stereocenters. The summed E-state index contributed by atoms with van der Waals surface area (Å²) in [6.45, 7) is 2.79. The minimum atomic E-state index is -3.94. The largest absolute Gasteiger partial charge is 0.319 e. The highest BCUT2D eigenvalue weighted by atomic mass is 19.3. The number of alkyl halides is 4. The number of nitrogens with one attached hydrogen (secondary N) is 1. The van der Waals surface area contributed by atoms with E-state index in [9.17, 15) is 17.6 Å². The van der Waals surface area contributed by atoms with Crippen LogP contribution in [0.4, 0.5) is 17.6 Å². The van der Waals surface area contributed by atoms with Gasteiger partial charge >= 0.3 is 12.3 Å². The maximum atomic E-state index is 12.2. The summed E-state index contributed by atoms with van der Waals surface area (Å²) in [5.41, 5.74) is 0.952. The molecule has 0 bridgehead atoms. The summed E-state index contributed by atoms with van der Waals surface area (Å²) in [5.74, 6) is -3.94. The maximum absolute atomic E-state index is 12.2. The monoisotopic (exact) mass is 199 g/mol. The summed E-state index contributed by atoms with van der Waals surface area (Å²) in [4.78, 5) is 0. The molecule has 0 rings (SSSR count). The molecular weight excluding hydrogens is 186 g/mol. The Hall–Kier alpha value is -0.580. The zero-order valence-corrected chi connectivity index (χ0v) is 7.58. The molecule has 0 heterocycles. The average molecular weight is 199 g/mol. The third-order valence-electron chi connectivity index (χ3n) is 1.33. The molecule has 0 aromatic carbocycles. The molecule has 0 aromatic heterocycles. The summed E-state index contributed by atoms with van der Waals surface area (Å²) < 4.78 is 47.7. The predicted octanol–water partition coefficient (Wildman–Crippen LogP) is 2.44. The standard InChI is InChI=1S/C8H13F4N/c1-6(2)3-4-13-5-8(11,12)7(9)10/h3,7,13H,4-5H2,1-2H3. The first-order chi connectivity index (χ1) is 5.86. The molecular formula is C8H13F4N. The van der Waals surface area contributed by atoms with Gasteiger partial charge in [0, 0.05) is 6.54 Å². The first-order valence-electron chi connectivity index (χ1n) is 3.86. The molecule has 5 heteroatoms. The van der Waals surface area contributed by atoms with Crippen molar-refractivity contribution in [2.24, 2.45) is 0 Å². The van der Waals surface area contributed by atoms with Crippen molar-refractivity contribution in [2.45, 2.75) is 26.2 Å². The molecule has 0 radical (unpaired) electrons. The lowest BCUT2D eigenvalue weighted by molar-refractivity contribution is -0.124. The normalized spacial score (nSPS) is 11.9. The van der Waals surface area contributed by atoms with E-state index in [1.54, 1.807) is 19.9 Å². The zero-order valence-electron chi connectivity index (χ0n) is 7.58. The summed E-state index contributed by atoms with van der Waals surface area (Å²) in [5, 5.41) is 2.23. The highest BCUT2D eigenvalue weighted by Gasteiger charge is 2.39. The Bertz CT molecular complexity index is 173. The highest BCUT2D eigenvalue weighted by molar-refractivity contribution is 4.94. The Kier molecular flexibility index (Phi) is 4.98. The molecule has 1 nitrogen and oxygen atoms in total. The second kappa shape index (κ2) is 5.21. The number of allylic oxidation sites excluding steroid dienone is 1. The van der Waals surface area contributed by atoms with Crippen LogP contribution >= 0.6 is 0 Å². The van der Waals surface area contributed by atoms with Gasteiger partial charge in [-0.05, 0) is 13.8 Å². The van der Waals surface area contributed by atoms with Crippen LogP contribution < -0.4 is 5.32 Å². The Morgan fingerprint density at radius 2 is 1.92 bits per heavy atom. The van der Waals surface area contributed by atoms with Crippen LogP contribution in [0.1, 0.15) is 13.8 Å². The molecule has 13 heavy (non-hydrogen) atoms. The molecule has 0 aliphatic heterocycles. The fraction of sp³-hybridized carbons (Fsp3) is 0.750. The summed E-state index contributed by atoms with van der Waals surface area (Å²) in [6.07, 6.45) is -1.95. The molecule has 0 spiro atoms. The van der Waals surface area contributed by atoms with Gasteiger partial charge in [0.15, 0.2) is 0 Å². The quantitative estimate of drug-likeness (QED) is 0.407. The molecule has 0 unspecified atom stereocenters. The van der Waals surface area contributed by atoms with Crippen LogP contribution in [0.5, 0.6) is 0 Å². The molecule has 0 aromatic rings. The van der Waals surface area contributed by atoms with Crippen molar-refractivity contribution in [3.8, 4) is 0 Å². The van der Waals surface area contributed by atoms with Crippen molar-refractivity contribution < 1.29 is 17.6 Å². The van der Waals surface area contributed by atoms with Gasteiger partial charge in [-0.25, -0.2) is 8.78 Å². The van der Waals surface area contributed by atoms with Crippen LogP contribution in [0.25, 0.3) is 0 Å². The van der Waals surface area contributed by atoms with Gasteiger partial charge in [-0.15, -0.1) is 0 Å². The van der Waals surface area contributed by atoms with Crippen molar-refractivity contribution >= 4 is 0 Å². The van der Waals surface area contributed by atoms with Gasteiger partial charge in [0.1, 0.15) is 0 Å². The molecule has 0 saturated heterocycles. The van der Waals surface area contributed by atoms with Crippen LogP contribution in [-0.4, -0.2) is 25.4 Å². The smallest absolute Gasteiger partial charge is 0.307 e. The fourth-order valence-electron chi connectivity index (χ4n) is 0.592. The second-order valence-electron chi connectivity index (χ2n) is 2.97. The molecule has 0 amide bonds. The van der Waals surface area contributed by atoms with E-state index < -0.39 is 18.9 Å². The molecule has 1 N–H and O–H groups in total. The molecule has 0 aliphatic carbocycles. The summed E-state index contributed by atoms with van der Waals surface area (Å²) in [6, 6.07) is 0. The van der Waals surface area contributed by atoms with Gasteiger partial charge in [0.2, 0.25) is 0 Å². The van der Waals surface area contributed by atoms with Gasteiger partial charge in [-0.1, -0.05) is 11.6 Å². The summed E-state index contributed by atoms with van der Waals surface area (Å²) in [7, 11) is 0. The maximum Gasteiger partial charge on any atom is 0.319 e. The van der Waals surface area contributed by atoms with Crippen molar-refractivity contribution in [2.75, 3.05) is 13.1 Å². The summed E-state index contributed by atoms with van der Waals surface area (Å²) >= 11 is 0. The van der Waals surface area contributed by atoms with Gasteiger partial charge in [-0.2, -0.15) is 8.78 Å². The van der Waals surface area contributed by atoms with E-state index in [1.165, 1.54) is 0 Å². The Morgan fingerprint density at radius 1 is 1.38 bits per heavy atom. The first kappa shape index (κ1) is 12.4. The topological polar surface area (TPSA) is 12.0 Å². The second-order valence-corrected chi connectivity index (χ2v) is 2.97. The van der Waals surface area contributed by atoms with Crippen molar-refractivity contribution in [3.63, 3.8) is 0 Å². The van der Waals surface area contributed by atoms with Gasteiger partial charge < -0.3 is 5.32 Å². The van der Waals surface area contributed by atoms with E-state index in [0.717, 1.165) is 5.57 Å². The minimum Gasteiger partial charge on any atom is -0.307 e. The van der Waals surface area contributed by atoms with E-state index >= 15 is 0 Å². The van der Waals surface area contributed by atoms with Gasteiger partial charge in [0.25, 0.3) is 0 Å². The Labute approximate surface area is 74.8 Å². The molecule has 78 valence electrons. The van der Waals surface area contributed by atoms with Crippen LogP contribution in [0.2, 0.25) is 0 Å². The predicted molar refractivity (Wildman–Crippen MR) is 43.3 cm³/mol. The van der Waals surface area contributed by atoms with E-state index in [2.05, 4.69) is 5.32 Å². The van der Waals surface area contributed by atoms with E-state index in [4.69, 9.17) is 0 Å². The van der Waals surface area contributed by atoms with Crippen LogP contribution in [0.15, 0.2) is 11.6 Å². The molecule has 0 fully saturated rings. The van der Waals surface area contributed by atoms with Crippen molar-refractivity contribution in [1.29, 1.82) is 0 Å². The van der Waals surface area contributed by atoms with E-state index in [-0.39, 0.29) is 6.54 Å². The third-order valence-corrected chi connectivity index (χ3v) is 1.33. The number of hydrogen-bond donors (Lipinski definition) is 1. The van der Waals surface area contributed by atoms with Crippen LogP contribution in [-0.2, 0) is 0 Å². The van der Waals surface area contributed by atoms with Crippen LogP contribution in [0, 0.1) is 0 Å². The zero-order chi connectivity index (χ0) is 10.5. The Balaban J connectivity index is 3.70.